The second-order valence-corrected chi connectivity index (χ2v) is 13.2. The predicted molar refractivity (Wildman–Crippen MR) is 157 cm³/mol. The Morgan fingerprint density at radius 1 is 1.00 bits per heavy atom. The molecule has 3 aromatic carbocycles. The Kier molecular flexibility index (Phi) is 7.19. The van der Waals surface area contributed by atoms with E-state index in [4.69, 9.17) is 5.73 Å². The number of carbonyl (C=O) groups is 1. The topological polar surface area (TPSA) is 109 Å². The average Bonchev–Trinajstić information content (AvgIpc) is 3.51. The van der Waals surface area contributed by atoms with Gasteiger partial charge in [0, 0.05) is 53.9 Å². The van der Waals surface area contributed by atoms with Gasteiger partial charge in [-0.2, -0.15) is 0 Å². The fraction of sp³-hybridized carbons (Fsp3) is 0.241. The number of nitrogens with one attached hydrogen (secondary N) is 1. The van der Waals surface area contributed by atoms with Crippen molar-refractivity contribution in [2.75, 3.05) is 23.7 Å². The molecule has 0 saturated carbocycles. The summed E-state index contributed by atoms with van der Waals surface area (Å²) in [5.74, 6) is 0. The minimum absolute atomic E-state index is 0.108. The second-order valence-electron chi connectivity index (χ2n) is 10.5. The first kappa shape index (κ1) is 26.9. The van der Waals surface area contributed by atoms with Crippen LogP contribution < -0.4 is 15.4 Å². The quantitative estimate of drug-likeness (QED) is 0.287. The van der Waals surface area contributed by atoms with Crippen LogP contribution in [0.15, 0.2) is 83.9 Å². The Labute approximate surface area is 233 Å². The van der Waals surface area contributed by atoms with E-state index in [9.17, 15) is 13.2 Å². The van der Waals surface area contributed by atoms with Crippen LogP contribution in [0, 0.1) is 0 Å². The number of anilines is 2. The van der Waals surface area contributed by atoms with Crippen LogP contribution in [0.1, 0.15) is 26.3 Å². The number of sulfonamides is 1. The predicted octanol–water partition coefficient (Wildman–Crippen LogP) is 5.58. The third-order valence-electron chi connectivity index (χ3n) is 6.25. The zero-order valence-electron chi connectivity index (χ0n) is 22.1. The lowest BCUT2D eigenvalue weighted by Crippen LogP contribution is -2.40. The van der Waals surface area contributed by atoms with E-state index in [-0.39, 0.29) is 10.9 Å². The summed E-state index contributed by atoms with van der Waals surface area (Å²) < 4.78 is 30.1. The lowest BCUT2D eigenvalue weighted by molar-refractivity contribution is 0.219. The van der Waals surface area contributed by atoms with E-state index >= 15 is 0 Å². The lowest BCUT2D eigenvalue weighted by Gasteiger charge is -2.23. The molecule has 1 aromatic heterocycles. The van der Waals surface area contributed by atoms with Gasteiger partial charge in [-0.1, -0.05) is 36.4 Å². The number of amides is 2. The summed E-state index contributed by atoms with van der Waals surface area (Å²) in [4.78, 5) is 22.1. The van der Waals surface area contributed by atoms with Crippen LogP contribution >= 0.6 is 11.3 Å². The van der Waals surface area contributed by atoms with Crippen molar-refractivity contribution in [1.29, 1.82) is 0 Å². The van der Waals surface area contributed by atoms with Crippen molar-refractivity contribution in [2.45, 2.75) is 37.8 Å². The number of benzene rings is 3. The molecule has 2 heterocycles. The molecule has 2 amide bonds. The summed E-state index contributed by atoms with van der Waals surface area (Å²) in [6.45, 7) is 6.92. The lowest BCUT2D eigenvalue weighted by atomic mass is 10.1. The first-order valence-corrected chi connectivity index (χ1v) is 14.9. The van der Waals surface area contributed by atoms with Crippen molar-refractivity contribution >= 4 is 38.8 Å². The first-order valence-electron chi connectivity index (χ1n) is 12.6. The van der Waals surface area contributed by atoms with E-state index in [0.29, 0.717) is 41.4 Å². The van der Waals surface area contributed by atoms with Gasteiger partial charge in [-0.05, 0) is 62.7 Å². The van der Waals surface area contributed by atoms with Gasteiger partial charge in [0.1, 0.15) is 5.01 Å². The third-order valence-corrected chi connectivity index (χ3v) is 9.12. The number of thiazole rings is 1. The Morgan fingerprint density at radius 3 is 2.41 bits per heavy atom. The van der Waals surface area contributed by atoms with Crippen LogP contribution in [0.5, 0.6) is 0 Å². The molecule has 39 heavy (non-hydrogen) atoms. The molecule has 0 bridgehead atoms. The molecule has 1 saturated heterocycles. The van der Waals surface area contributed by atoms with Crippen molar-refractivity contribution in [3.05, 3.63) is 84.6 Å². The van der Waals surface area contributed by atoms with Crippen LogP contribution in [-0.4, -0.2) is 43.0 Å². The zero-order valence-corrected chi connectivity index (χ0v) is 23.7. The highest BCUT2D eigenvalue weighted by atomic mass is 32.2. The number of nitrogens with two attached hydrogens (primary N) is 1. The van der Waals surface area contributed by atoms with Crippen molar-refractivity contribution in [1.82, 2.24) is 14.6 Å². The molecule has 0 radical (unpaired) electrons. The van der Waals surface area contributed by atoms with E-state index in [1.54, 1.807) is 55.0 Å². The van der Waals surface area contributed by atoms with Crippen LogP contribution in [-0.2, 0) is 16.6 Å². The molecule has 5 rings (SSSR count). The SMILES string of the molecule is CC(C)(C)NS(=O)(=O)c1cc(N2CCN(Cc3ccccc3)C2=O)ccc1-c1cnc(-c2ccc(N)cc2)s1. The molecule has 3 N–H and O–H groups in total. The number of nitrogens with zero attached hydrogens (tertiary/aromatic N) is 3. The maximum Gasteiger partial charge on any atom is 0.324 e. The molecule has 0 unspecified atom stereocenters. The smallest absolute Gasteiger partial charge is 0.324 e. The Bertz CT molecular complexity index is 1590. The van der Waals surface area contributed by atoms with Crippen LogP contribution in [0.25, 0.3) is 21.0 Å². The molecule has 1 aliphatic heterocycles. The van der Waals surface area contributed by atoms with Gasteiger partial charge in [-0.25, -0.2) is 22.9 Å². The van der Waals surface area contributed by atoms with E-state index in [1.807, 2.05) is 54.6 Å². The minimum Gasteiger partial charge on any atom is -0.399 e. The first-order chi connectivity index (χ1) is 18.5. The number of aromatic nitrogens is 1. The number of rotatable bonds is 7. The van der Waals surface area contributed by atoms with E-state index < -0.39 is 15.6 Å². The van der Waals surface area contributed by atoms with Crippen molar-refractivity contribution < 1.29 is 13.2 Å². The van der Waals surface area contributed by atoms with E-state index in [1.165, 1.54) is 11.3 Å². The normalized spacial score (nSPS) is 14.3. The molecule has 8 nitrogen and oxygen atoms in total. The van der Waals surface area contributed by atoms with Gasteiger partial charge < -0.3 is 10.6 Å². The third kappa shape index (κ3) is 5.98. The summed E-state index contributed by atoms with van der Waals surface area (Å²) in [7, 11) is -3.93. The van der Waals surface area contributed by atoms with Gasteiger partial charge >= 0.3 is 6.03 Å². The van der Waals surface area contributed by atoms with Crippen molar-refractivity contribution in [2.24, 2.45) is 0 Å². The number of carbonyl (C=O) groups excluding carboxylic acids is 1. The minimum atomic E-state index is -3.93. The Hall–Kier alpha value is -3.73. The summed E-state index contributed by atoms with van der Waals surface area (Å²) >= 11 is 1.40. The molecule has 10 heteroatoms. The maximum atomic E-state index is 13.7. The number of urea groups is 1. The number of hydrogen-bond acceptors (Lipinski definition) is 6. The largest absolute Gasteiger partial charge is 0.399 e. The van der Waals surface area contributed by atoms with Gasteiger partial charge in [0.2, 0.25) is 10.0 Å². The summed E-state index contributed by atoms with van der Waals surface area (Å²) in [6.07, 6.45) is 1.68. The standard InChI is InChI=1S/C29H31N5O3S2/c1-29(2,3)32-39(36,37)26-17-23(34-16-15-33(28(34)35)19-20-7-5-4-6-8-20)13-14-24(26)25-18-31-27(38-25)21-9-11-22(30)12-10-21/h4-14,17-18,32H,15-16,19,30H2,1-3H3. The van der Waals surface area contributed by atoms with Gasteiger partial charge in [0.25, 0.3) is 0 Å². The molecule has 0 spiro atoms. The van der Waals surface area contributed by atoms with Crippen molar-refractivity contribution in [3.8, 4) is 21.0 Å². The molecular weight excluding hydrogens is 530 g/mol. The van der Waals surface area contributed by atoms with Crippen LogP contribution in [0.4, 0.5) is 16.2 Å². The second kappa shape index (κ2) is 10.4. The maximum absolute atomic E-state index is 13.7. The van der Waals surface area contributed by atoms with Gasteiger partial charge in [-0.3, -0.25) is 4.90 Å². The highest BCUT2D eigenvalue weighted by Gasteiger charge is 2.32. The zero-order chi connectivity index (χ0) is 27.8. The molecule has 202 valence electrons. The highest BCUT2D eigenvalue weighted by Crippen LogP contribution is 2.38. The monoisotopic (exact) mass is 561 g/mol. The Morgan fingerprint density at radius 2 is 1.72 bits per heavy atom. The summed E-state index contributed by atoms with van der Waals surface area (Å²) in [6, 6.07) is 22.2. The van der Waals surface area contributed by atoms with Gasteiger partial charge in [0.15, 0.2) is 0 Å². The van der Waals surface area contributed by atoms with Crippen LogP contribution in [0.3, 0.4) is 0 Å². The fourth-order valence-corrected chi connectivity index (χ4v) is 7.18. The van der Waals surface area contributed by atoms with Gasteiger partial charge in [0.05, 0.1) is 9.77 Å². The molecule has 0 atom stereocenters. The molecule has 0 aliphatic carbocycles. The summed E-state index contributed by atoms with van der Waals surface area (Å²) in [5.41, 5.74) is 8.80. The van der Waals surface area contributed by atoms with E-state index in [2.05, 4.69) is 9.71 Å². The molecular formula is C29H31N5O3S2. The molecule has 4 aromatic rings. The van der Waals surface area contributed by atoms with Gasteiger partial charge in [-0.15, -0.1) is 11.3 Å². The average molecular weight is 562 g/mol. The Balaban J connectivity index is 1.51. The fourth-order valence-electron chi connectivity index (χ4n) is 4.49. The summed E-state index contributed by atoms with van der Waals surface area (Å²) in [5, 5.41) is 0.757. The highest BCUT2D eigenvalue weighted by molar-refractivity contribution is 7.89. The molecule has 1 aliphatic rings. The number of nitrogen functional groups attached to an aromatic ring is 1. The number of hydrogen-bond donors (Lipinski definition) is 2. The van der Waals surface area contributed by atoms with Crippen molar-refractivity contribution in [3.63, 3.8) is 0 Å². The van der Waals surface area contributed by atoms with E-state index in [0.717, 1.165) is 16.1 Å². The molecule has 1 fully saturated rings. The van der Waals surface area contributed by atoms with Crippen LogP contribution in [0.2, 0.25) is 0 Å².